The van der Waals surface area contributed by atoms with Gasteiger partial charge >= 0.3 is 0 Å². The molecule has 0 bridgehead atoms. The van der Waals surface area contributed by atoms with Crippen LogP contribution >= 0.6 is 0 Å². The van der Waals surface area contributed by atoms with Crippen LogP contribution < -0.4 is 4.90 Å². The normalized spacial score (nSPS) is 21.1. The van der Waals surface area contributed by atoms with E-state index in [-0.39, 0.29) is 24.1 Å². The molecule has 0 aliphatic carbocycles. The Kier molecular flexibility index (Phi) is 4.53. The van der Waals surface area contributed by atoms with E-state index in [0.717, 1.165) is 5.56 Å². The quantitative estimate of drug-likeness (QED) is 0.772. The highest BCUT2D eigenvalue weighted by atomic mass is 16.3. The SMILES string of the molecule is Cc1cccc(N2C(=O)CC(N3CCN(C(=O)c4ccco4)CC3)C2=O)c1. The molecule has 0 spiro atoms. The lowest BCUT2D eigenvalue weighted by Crippen LogP contribution is -2.53. The second-order valence-corrected chi connectivity index (χ2v) is 6.93. The number of nitrogens with zero attached hydrogens (tertiary/aromatic N) is 3. The van der Waals surface area contributed by atoms with E-state index in [0.29, 0.717) is 37.6 Å². The average Bonchev–Trinajstić information content (AvgIpc) is 3.30. The van der Waals surface area contributed by atoms with Crippen molar-refractivity contribution in [1.82, 2.24) is 9.80 Å². The van der Waals surface area contributed by atoms with Gasteiger partial charge in [-0.25, -0.2) is 4.90 Å². The number of benzene rings is 1. The maximum Gasteiger partial charge on any atom is 0.289 e. The number of piperazine rings is 1. The van der Waals surface area contributed by atoms with Crippen molar-refractivity contribution < 1.29 is 18.8 Å². The summed E-state index contributed by atoms with van der Waals surface area (Å²) in [4.78, 5) is 42.7. The molecule has 1 aromatic heterocycles. The summed E-state index contributed by atoms with van der Waals surface area (Å²) < 4.78 is 5.17. The van der Waals surface area contributed by atoms with E-state index in [4.69, 9.17) is 4.42 Å². The fourth-order valence-electron chi connectivity index (χ4n) is 3.73. The number of hydrogen-bond acceptors (Lipinski definition) is 5. The Morgan fingerprint density at radius 3 is 2.52 bits per heavy atom. The van der Waals surface area contributed by atoms with Crippen molar-refractivity contribution in [3.8, 4) is 0 Å². The van der Waals surface area contributed by atoms with Crippen LogP contribution in [0, 0.1) is 6.92 Å². The molecule has 3 heterocycles. The molecule has 140 valence electrons. The first kappa shape index (κ1) is 17.5. The number of hydrogen-bond donors (Lipinski definition) is 0. The van der Waals surface area contributed by atoms with Crippen LogP contribution in [0.15, 0.2) is 47.1 Å². The van der Waals surface area contributed by atoms with E-state index in [1.807, 2.05) is 30.0 Å². The fraction of sp³-hybridized carbons (Fsp3) is 0.350. The van der Waals surface area contributed by atoms with Crippen LogP contribution in [0.25, 0.3) is 0 Å². The van der Waals surface area contributed by atoms with Gasteiger partial charge in [0.05, 0.1) is 24.4 Å². The zero-order chi connectivity index (χ0) is 19.0. The van der Waals surface area contributed by atoms with E-state index >= 15 is 0 Å². The second-order valence-electron chi connectivity index (χ2n) is 6.93. The molecule has 2 fully saturated rings. The molecule has 2 saturated heterocycles. The molecule has 0 radical (unpaired) electrons. The van der Waals surface area contributed by atoms with Gasteiger partial charge in [-0.1, -0.05) is 12.1 Å². The molecule has 27 heavy (non-hydrogen) atoms. The molecule has 2 aliphatic rings. The molecule has 2 aliphatic heterocycles. The van der Waals surface area contributed by atoms with Gasteiger partial charge in [0.15, 0.2) is 5.76 Å². The summed E-state index contributed by atoms with van der Waals surface area (Å²) in [5.41, 5.74) is 1.63. The zero-order valence-corrected chi connectivity index (χ0v) is 15.1. The van der Waals surface area contributed by atoms with Gasteiger partial charge in [0.2, 0.25) is 5.91 Å². The van der Waals surface area contributed by atoms with Gasteiger partial charge in [0.1, 0.15) is 0 Å². The summed E-state index contributed by atoms with van der Waals surface area (Å²) in [6.45, 7) is 4.04. The molecule has 1 unspecified atom stereocenters. The fourth-order valence-corrected chi connectivity index (χ4v) is 3.73. The Morgan fingerprint density at radius 2 is 1.85 bits per heavy atom. The van der Waals surface area contributed by atoms with Crippen LogP contribution in [0.1, 0.15) is 22.5 Å². The summed E-state index contributed by atoms with van der Waals surface area (Å²) >= 11 is 0. The molecule has 4 rings (SSSR count). The predicted octanol–water partition coefficient (Wildman–Crippen LogP) is 1.68. The van der Waals surface area contributed by atoms with Crippen LogP contribution in [-0.2, 0) is 9.59 Å². The summed E-state index contributed by atoms with van der Waals surface area (Å²) in [6, 6.07) is 10.3. The highest BCUT2D eigenvalue weighted by Gasteiger charge is 2.43. The molecule has 7 heteroatoms. The minimum atomic E-state index is -0.459. The predicted molar refractivity (Wildman–Crippen MR) is 98.3 cm³/mol. The highest BCUT2D eigenvalue weighted by molar-refractivity contribution is 6.22. The van der Waals surface area contributed by atoms with Crippen molar-refractivity contribution in [3.63, 3.8) is 0 Å². The first-order valence-electron chi connectivity index (χ1n) is 9.05. The largest absolute Gasteiger partial charge is 0.459 e. The average molecular weight is 367 g/mol. The van der Waals surface area contributed by atoms with Crippen LogP contribution in [-0.4, -0.2) is 59.7 Å². The van der Waals surface area contributed by atoms with E-state index in [2.05, 4.69) is 0 Å². The number of rotatable bonds is 3. The Hall–Kier alpha value is -2.93. The third-order valence-electron chi connectivity index (χ3n) is 5.16. The molecular weight excluding hydrogens is 346 g/mol. The second kappa shape index (κ2) is 7.00. The zero-order valence-electron chi connectivity index (χ0n) is 15.1. The van der Waals surface area contributed by atoms with Crippen LogP contribution in [0.3, 0.4) is 0 Å². The van der Waals surface area contributed by atoms with E-state index in [1.165, 1.54) is 11.2 Å². The standard InChI is InChI=1S/C20H21N3O4/c1-14-4-2-5-15(12-14)23-18(24)13-16(19(23)25)21-7-9-22(10-8-21)20(26)17-6-3-11-27-17/h2-6,11-12,16H,7-10,13H2,1H3. The van der Waals surface area contributed by atoms with Gasteiger partial charge in [-0.05, 0) is 36.8 Å². The number of carbonyl (C=O) groups is 3. The van der Waals surface area contributed by atoms with Crippen molar-refractivity contribution in [3.05, 3.63) is 54.0 Å². The first-order valence-corrected chi connectivity index (χ1v) is 9.05. The molecule has 7 nitrogen and oxygen atoms in total. The number of anilines is 1. The van der Waals surface area contributed by atoms with E-state index in [1.54, 1.807) is 23.1 Å². The van der Waals surface area contributed by atoms with E-state index in [9.17, 15) is 14.4 Å². The van der Waals surface area contributed by atoms with Gasteiger partial charge in [-0.2, -0.15) is 0 Å². The van der Waals surface area contributed by atoms with Gasteiger partial charge in [0.25, 0.3) is 11.8 Å². The summed E-state index contributed by atoms with van der Waals surface area (Å²) in [6.07, 6.45) is 1.66. The molecule has 2 aromatic rings. The monoisotopic (exact) mass is 367 g/mol. The van der Waals surface area contributed by atoms with Crippen molar-refractivity contribution in [2.75, 3.05) is 31.1 Å². The molecule has 1 atom stereocenters. The minimum absolute atomic E-state index is 0.144. The molecule has 0 saturated carbocycles. The van der Waals surface area contributed by atoms with Crippen LogP contribution in [0.4, 0.5) is 5.69 Å². The lowest BCUT2D eigenvalue weighted by Gasteiger charge is -2.36. The Labute approximate surface area is 157 Å². The smallest absolute Gasteiger partial charge is 0.289 e. The molecule has 0 N–H and O–H groups in total. The Balaban J connectivity index is 1.42. The van der Waals surface area contributed by atoms with Gasteiger partial charge < -0.3 is 9.32 Å². The molecular formula is C20H21N3O4. The van der Waals surface area contributed by atoms with Crippen molar-refractivity contribution in [2.45, 2.75) is 19.4 Å². The maximum atomic E-state index is 12.9. The summed E-state index contributed by atoms with van der Waals surface area (Å²) in [7, 11) is 0. The van der Waals surface area contributed by atoms with Crippen LogP contribution in [0.2, 0.25) is 0 Å². The minimum Gasteiger partial charge on any atom is -0.459 e. The van der Waals surface area contributed by atoms with Crippen molar-refractivity contribution >= 4 is 23.4 Å². The lowest BCUT2D eigenvalue weighted by atomic mass is 10.1. The third kappa shape index (κ3) is 3.26. The number of amides is 3. The summed E-state index contributed by atoms with van der Waals surface area (Å²) in [5.74, 6) is -0.183. The van der Waals surface area contributed by atoms with Crippen molar-refractivity contribution in [1.29, 1.82) is 0 Å². The highest BCUT2D eigenvalue weighted by Crippen LogP contribution is 2.27. The Bertz CT molecular complexity index is 869. The maximum absolute atomic E-state index is 12.9. The number of imide groups is 1. The third-order valence-corrected chi connectivity index (χ3v) is 5.16. The topological polar surface area (TPSA) is 74.1 Å². The van der Waals surface area contributed by atoms with E-state index < -0.39 is 6.04 Å². The number of furan rings is 1. The lowest BCUT2D eigenvalue weighted by molar-refractivity contribution is -0.123. The number of carbonyl (C=O) groups excluding carboxylic acids is 3. The first-order chi connectivity index (χ1) is 13.0. The molecule has 3 amide bonds. The van der Waals surface area contributed by atoms with Gasteiger partial charge in [-0.3, -0.25) is 19.3 Å². The van der Waals surface area contributed by atoms with Crippen molar-refractivity contribution in [2.24, 2.45) is 0 Å². The summed E-state index contributed by atoms with van der Waals surface area (Å²) in [5, 5.41) is 0. The molecule has 1 aromatic carbocycles. The Morgan fingerprint density at radius 1 is 1.07 bits per heavy atom. The van der Waals surface area contributed by atoms with Gasteiger partial charge in [-0.15, -0.1) is 0 Å². The van der Waals surface area contributed by atoms with Crippen LogP contribution in [0.5, 0.6) is 0 Å². The number of aryl methyl sites for hydroxylation is 1. The van der Waals surface area contributed by atoms with Gasteiger partial charge in [0, 0.05) is 26.2 Å².